The van der Waals surface area contributed by atoms with Crippen LogP contribution < -0.4 is 0 Å². The minimum Gasteiger partial charge on any atom is -0.477 e. The maximum atomic E-state index is 10.9. The van der Waals surface area contributed by atoms with E-state index in [0.717, 1.165) is 11.1 Å². The van der Waals surface area contributed by atoms with Crippen molar-refractivity contribution in [1.29, 1.82) is 0 Å². The van der Waals surface area contributed by atoms with E-state index in [9.17, 15) is 4.79 Å². The van der Waals surface area contributed by atoms with E-state index >= 15 is 0 Å². The second-order valence-electron chi connectivity index (χ2n) is 3.61. The number of aromatic carboxylic acids is 1. The molecule has 0 spiro atoms. The number of rotatable bonds is 3. The Morgan fingerprint density at radius 2 is 2.12 bits per heavy atom. The fourth-order valence-electron chi connectivity index (χ4n) is 1.59. The van der Waals surface area contributed by atoms with E-state index in [1.54, 1.807) is 0 Å². The number of carboxylic acids is 1. The Kier molecular flexibility index (Phi) is 2.72. The Labute approximate surface area is 93.1 Å². The summed E-state index contributed by atoms with van der Waals surface area (Å²) in [6.45, 7) is 2.49. The summed E-state index contributed by atoms with van der Waals surface area (Å²) in [7, 11) is 0. The van der Waals surface area contributed by atoms with Crippen molar-refractivity contribution in [1.82, 2.24) is 9.78 Å². The summed E-state index contributed by atoms with van der Waals surface area (Å²) in [6.07, 6.45) is 1.50. The van der Waals surface area contributed by atoms with Crippen LogP contribution >= 0.6 is 0 Å². The van der Waals surface area contributed by atoms with Gasteiger partial charge in [-0.3, -0.25) is 4.68 Å². The van der Waals surface area contributed by atoms with Crippen LogP contribution in [0, 0.1) is 6.92 Å². The largest absolute Gasteiger partial charge is 0.477 e. The lowest BCUT2D eigenvalue weighted by Crippen LogP contribution is -2.11. The van der Waals surface area contributed by atoms with Crippen molar-refractivity contribution >= 4 is 5.97 Å². The Morgan fingerprint density at radius 3 is 2.81 bits per heavy atom. The van der Waals surface area contributed by atoms with Crippen molar-refractivity contribution in [3.8, 4) is 0 Å². The fraction of sp³-hybridized carbons (Fsp3) is 0.167. The number of benzene rings is 1. The number of hydrogen-bond donors (Lipinski definition) is 1. The molecule has 1 aromatic heterocycles. The molecule has 0 saturated carbocycles. The van der Waals surface area contributed by atoms with E-state index in [2.05, 4.69) is 5.10 Å². The van der Waals surface area contributed by atoms with E-state index in [0.29, 0.717) is 6.54 Å². The zero-order valence-electron chi connectivity index (χ0n) is 8.92. The van der Waals surface area contributed by atoms with E-state index in [1.807, 2.05) is 31.2 Å². The number of hydrogen-bond acceptors (Lipinski definition) is 2. The summed E-state index contributed by atoms with van der Waals surface area (Å²) in [5, 5.41) is 13.0. The van der Waals surface area contributed by atoms with Crippen LogP contribution in [0.3, 0.4) is 0 Å². The van der Waals surface area contributed by atoms with Gasteiger partial charge in [0.15, 0.2) is 0 Å². The highest BCUT2D eigenvalue weighted by Crippen LogP contribution is 2.10. The molecule has 82 valence electrons. The topological polar surface area (TPSA) is 55.1 Å². The number of carbonyl (C=O) groups is 1. The van der Waals surface area contributed by atoms with Crippen LogP contribution in [0.5, 0.6) is 0 Å². The number of nitrogens with zero attached hydrogens (tertiary/aromatic N) is 2. The van der Waals surface area contributed by atoms with Gasteiger partial charge in [-0.1, -0.05) is 24.3 Å². The average Bonchev–Trinajstić information content (AvgIpc) is 2.69. The molecule has 16 heavy (non-hydrogen) atoms. The molecule has 1 N–H and O–H groups in total. The molecule has 2 rings (SSSR count). The summed E-state index contributed by atoms with van der Waals surface area (Å²) in [5.41, 5.74) is 2.42. The molecule has 0 bridgehead atoms. The van der Waals surface area contributed by atoms with Crippen LogP contribution in [0.4, 0.5) is 0 Å². The number of aryl methyl sites for hydroxylation is 1. The quantitative estimate of drug-likeness (QED) is 0.853. The van der Waals surface area contributed by atoms with Crippen molar-refractivity contribution in [2.45, 2.75) is 13.5 Å². The third-order valence-electron chi connectivity index (χ3n) is 2.52. The second kappa shape index (κ2) is 4.18. The molecule has 4 nitrogen and oxygen atoms in total. The molecule has 4 heteroatoms. The van der Waals surface area contributed by atoms with Gasteiger partial charge in [0.2, 0.25) is 0 Å². The molecular weight excluding hydrogens is 204 g/mol. The molecule has 1 heterocycles. The average molecular weight is 216 g/mol. The molecule has 0 fully saturated rings. The molecule has 0 aliphatic heterocycles. The summed E-state index contributed by atoms with van der Waals surface area (Å²) in [6, 6.07) is 9.37. The molecule has 0 amide bonds. The molecule has 0 aliphatic carbocycles. The zero-order chi connectivity index (χ0) is 11.5. The van der Waals surface area contributed by atoms with Gasteiger partial charge >= 0.3 is 5.97 Å². The minimum absolute atomic E-state index is 0.211. The first-order chi connectivity index (χ1) is 7.68. The highest BCUT2D eigenvalue weighted by Gasteiger charge is 2.10. The second-order valence-corrected chi connectivity index (χ2v) is 3.61. The first kappa shape index (κ1) is 10.4. The van der Waals surface area contributed by atoms with Crippen molar-refractivity contribution in [2.24, 2.45) is 0 Å². The Balaban J connectivity index is 2.31. The molecule has 0 radical (unpaired) electrons. The first-order valence-electron chi connectivity index (χ1n) is 4.98. The van der Waals surface area contributed by atoms with E-state index in [-0.39, 0.29) is 5.69 Å². The smallest absolute Gasteiger partial charge is 0.354 e. The highest BCUT2D eigenvalue weighted by molar-refractivity contribution is 5.85. The molecule has 0 atom stereocenters. The molecule has 0 saturated heterocycles. The van der Waals surface area contributed by atoms with Crippen molar-refractivity contribution in [2.75, 3.05) is 0 Å². The van der Waals surface area contributed by atoms with Crippen LogP contribution in [0.2, 0.25) is 0 Å². The van der Waals surface area contributed by atoms with Gasteiger partial charge in [0.1, 0.15) is 5.69 Å². The van der Waals surface area contributed by atoms with Gasteiger partial charge in [-0.25, -0.2) is 4.79 Å². The van der Waals surface area contributed by atoms with Crippen LogP contribution in [0.1, 0.15) is 21.6 Å². The molecule has 0 aliphatic rings. The lowest BCUT2D eigenvalue weighted by molar-refractivity contribution is 0.0684. The molecular formula is C12H12N2O2. The van der Waals surface area contributed by atoms with Gasteiger partial charge in [0, 0.05) is 6.20 Å². The van der Waals surface area contributed by atoms with Gasteiger partial charge in [-0.15, -0.1) is 0 Å². The lowest BCUT2D eigenvalue weighted by Gasteiger charge is -2.07. The van der Waals surface area contributed by atoms with Crippen LogP contribution in [-0.4, -0.2) is 20.9 Å². The summed E-state index contributed by atoms with van der Waals surface area (Å²) in [5.74, 6) is -0.953. The zero-order valence-corrected chi connectivity index (χ0v) is 8.92. The standard InChI is InChI=1S/C12H12N2O2/c1-9-4-2-3-5-10(9)8-14-11(12(15)16)6-7-13-14/h2-7H,8H2,1H3,(H,15,16). The molecule has 0 unspecified atom stereocenters. The predicted molar refractivity (Wildman–Crippen MR) is 59.5 cm³/mol. The van der Waals surface area contributed by atoms with Crippen LogP contribution in [-0.2, 0) is 6.54 Å². The van der Waals surface area contributed by atoms with Crippen molar-refractivity contribution < 1.29 is 9.90 Å². The Bertz CT molecular complexity index is 517. The van der Waals surface area contributed by atoms with Gasteiger partial charge in [-0.05, 0) is 24.1 Å². The normalized spacial score (nSPS) is 10.3. The van der Waals surface area contributed by atoms with E-state index in [1.165, 1.54) is 16.9 Å². The van der Waals surface area contributed by atoms with Crippen LogP contribution in [0.15, 0.2) is 36.5 Å². The van der Waals surface area contributed by atoms with Gasteiger partial charge in [0.25, 0.3) is 0 Å². The maximum absolute atomic E-state index is 10.9. The summed E-state index contributed by atoms with van der Waals surface area (Å²) in [4.78, 5) is 10.9. The molecule has 2 aromatic rings. The van der Waals surface area contributed by atoms with Crippen LogP contribution in [0.25, 0.3) is 0 Å². The Morgan fingerprint density at radius 1 is 1.38 bits per heavy atom. The SMILES string of the molecule is Cc1ccccc1Cn1nccc1C(=O)O. The van der Waals surface area contributed by atoms with E-state index in [4.69, 9.17) is 5.11 Å². The summed E-state index contributed by atoms with van der Waals surface area (Å²) < 4.78 is 1.49. The minimum atomic E-state index is -0.953. The third kappa shape index (κ3) is 1.95. The van der Waals surface area contributed by atoms with E-state index < -0.39 is 5.97 Å². The lowest BCUT2D eigenvalue weighted by atomic mass is 10.1. The maximum Gasteiger partial charge on any atom is 0.354 e. The number of carboxylic acid groups (broad SMARTS) is 1. The van der Waals surface area contributed by atoms with Gasteiger partial charge in [-0.2, -0.15) is 5.10 Å². The number of aromatic nitrogens is 2. The predicted octanol–water partition coefficient (Wildman–Crippen LogP) is 1.94. The van der Waals surface area contributed by atoms with Gasteiger partial charge < -0.3 is 5.11 Å². The van der Waals surface area contributed by atoms with Gasteiger partial charge in [0.05, 0.1) is 6.54 Å². The van der Waals surface area contributed by atoms with Crippen molar-refractivity contribution in [3.05, 3.63) is 53.3 Å². The molecule has 1 aromatic carbocycles. The highest BCUT2D eigenvalue weighted by atomic mass is 16.4. The first-order valence-corrected chi connectivity index (χ1v) is 4.98. The third-order valence-corrected chi connectivity index (χ3v) is 2.52. The summed E-state index contributed by atoms with van der Waals surface area (Å²) >= 11 is 0. The monoisotopic (exact) mass is 216 g/mol. The fourth-order valence-corrected chi connectivity index (χ4v) is 1.59. The van der Waals surface area contributed by atoms with Crippen molar-refractivity contribution in [3.63, 3.8) is 0 Å². The Hall–Kier alpha value is -2.10.